The van der Waals surface area contributed by atoms with E-state index in [-0.39, 0.29) is 12.2 Å². The zero-order chi connectivity index (χ0) is 18.6. The van der Waals surface area contributed by atoms with Crippen LogP contribution in [0.15, 0.2) is 48.5 Å². The van der Waals surface area contributed by atoms with Gasteiger partial charge in [0.25, 0.3) is 0 Å². The molecule has 2 aromatic rings. The average Bonchev–Trinajstić information content (AvgIpc) is 2.56. The summed E-state index contributed by atoms with van der Waals surface area (Å²) in [6.07, 6.45) is -0.894. The van der Waals surface area contributed by atoms with Gasteiger partial charge >= 0.3 is 12.0 Å². The van der Waals surface area contributed by atoms with Crippen LogP contribution in [0.3, 0.4) is 0 Å². The Kier molecular flexibility index (Phi) is 5.64. The summed E-state index contributed by atoms with van der Waals surface area (Å²) in [6, 6.07) is 10.3. The van der Waals surface area contributed by atoms with Crippen LogP contribution in [0.2, 0.25) is 0 Å². The van der Waals surface area contributed by atoms with Gasteiger partial charge in [-0.15, -0.1) is 0 Å². The first-order chi connectivity index (χ1) is 11.8. The van der Waals surface area contributed by atoms with Crippen molar-refractivity contribution in [2.45, 2.75) is 13.3 Å². The standard InChI is InChI=1S/C19H15F3O3/c1-11(13-4-2-12(3-5-13)9-17(24)25)8-14-6-7-15(10-16(14)23)18(20)19(21)22/h2-8,10,23H,9H2,1H3,(H,24,25). The Morgan fingerprint density at radius 3 is 2.16 bits per heavy atom. The molecule has 0 bridgehead atoms. The van der Waals surface area contributed by atoms with Crippen LogP contribution < -0.4 is 0 Å². The van der Waals surface area contributed by atoms with Crippen molar-refractivity contribution in [1.29, 1.82) is 0 Å². The van der Waals surface area contributed by atoms with Crippen LogP contribution in [0, 0.1) is 0 Å². The Labute approximate surface area is 142 Å². The highest BCUT2D eigenvalue weighted by Crippen LogP contribution is 2.29. The first-order valence-electron chi connectivity index (χ1n) is 7.31. The van der Waals surface area contributed by atoms with E-state index < -0.39 is 23.4 Å². The zero-order valence-electron chi connectivity index (χ0n) is 13.3. The molecule has 0 saturated carbocycles. The summed E-state index contributed by atoms with van der Waals surface area (Å²) < 4.78 is 37.7. The molecule has 0 radical (unpaired) electrons. The van der Waals surface area contributed by atoms with Gasteiger partial charge in [0, 0.05) is 11.1 Å². The van der Waals surface area contributed by atoms with Crippen LogP contribution in [-0.2, 0) is 11.2 Å². The Morgan fingerprint density at radius 1 is 1.04 bits per heavy atom. The van der Waals surface area contributed by atoms with E-state index in [0.29, 0.717) is 11.1 Å². The number of hydrogen-bond acceptors (Lipinski definition) is 2. The van der Waals surface area contributed by atoms with Gasteiger partial charge in [0.2, 0.25) is 0 Å². The van der Waals surface area contributed by atoms with Crippen LogP contribution in [0.1, 0.15) is 29.2 Å². The van der Waals surface area contributed by atoms with Crippen LogP contribution in [0.4, 0.5) is 13.2 Å². The molecule has 2 rings (SSSR count). The van der Waals surface area contributed by atoms with Gasteiger partial charge in [0.05, 0.1) is 6.42 Å². The van der Waals surface area contributed by atoms with Gasteiger partial charge in [0.1, 0.15) is 5.75 Å². The van der Waals surface area contributed by atoms with E-state index >= 15 is 0 Å². The van der Waals surface area contributed by atoms with Gasteiger partial charge in [-0.2, -0.15) is 8.78 Å². The fourth-order valence-electron chi connectivity index (χ4n) is 2.29. The molecule has 0 aliphatic rings. The number of rotatable bonds is 5. The predicted octanol–water partition coefficient (Wildman–Crippen LogP) is 5.11. The smallest absolute Gasteiger partial charge is 0.307 e. The molecule has 0 atom stereocenters. The van der Waals surface area contributed by atoms with E-state index in [1.165, 1.54) is 6.07 Å². The minimum Gasteiger partial charge on any atom is -0.507 e. The Hall–Kier alpha value is -3.02. The van der Waals surface area contributed by atoms with Gasteiger partial charge in [-0.3, -0.25) is 4.79 Å². The molecule has 0 aliphatic heterocycles. The molecular weight excluding hydrogens is 333 g/mol. The molecule has 3 nitrogen and oxygen atoms in total. The van der Waals surface area contributed by atoms with Crippen molar-refractivity contribution in [2.24, 2.45) is 0 Å². The molecule has 2 aromatic carbocycles. The van der Waals surface area contributed by atoms with Crippen molar-refractivity contribution in [3.05, 3.63) is 70.8 Å². The van der Waals surface area contributed by atoms with Crippen LogP contribution in [0.25, 0.3) is 17.5 Å². The molecule has 0 heterocycles. The molecule has 6 heteroatoms. The fraction of sp³-hybridized carbons (Fsp3) is 0.105. The number of halogens is 3. The van der Waals surface area contributed by atoms with Crippen molar-refractivity contribution in [1.82, 2.24) is 0 Å². The number of phenols is 1. The van der Waals surface area contributed by atoms with Crippen LogP contribution >= 0.6 is 0 Å². The van der Waals surface area contributed by atoms with Crippen LogP contribution in [0.5, 0.6) is 5.75 Å². The third-order valence-electron chi connectivity index (χ3n) is 3.59. The summed E-state index contributed by atoms with van der Waals surface area (Å²) in [5.74, 6) is -2.91. The first-order valence-corrected chi connectivity index (χ1v) is 7.31. The molecule has 0 aliphatic carbocycles. The maximum absolute atomic E-state index is 13.2. The number of aromatic hydroxyl groups is 1. The second-order valence-corrected chi connectivity index (χ2v) is 5.44. The SMILES string of the molecule is CC(=Cc1ccc(C(F)=C(F)F)cc1O)c1ccc(CC(=O)O)cc1. The van der Waals surface area contributed by atoms with Crippen molar-refractivity contribution in [3.8, 4) is 5.75 Å². The fourth-order valence-corrected chi connectivity index (χ4v) is 2.29. The van der Waals surface area contributed by atoms with E-state index in [1.54, 1.807) is 37.3 Å². The molecular formula is C19H15F3O3. The number of allylic oxidation sites excluding steroid dienone is 1. The summed E-state index contributed by atoms with van der Waals surface area (Å²) in [5, 5.41) is 18.7. The lowest BCUT2D eigenvalue weighted by atomic mass is 10.0. The summed E-state index contributed by atoms with van der Waals surface area (Å²) in [5.41, 5.74) is 2.18. The molecule has 2 N–H and O–H groups in total. The Morgan fingerprint density at radius 2 is 1.64 bits per heavy atom. The summed E-state index contributed by atoms with van der Waals surface area (Å²) in [6.45, 7) is 1.78. The van der Waals surface area contributed by atoms with Crippen molar-refractivity contribution < 1.29 is 28.2 Å². The topological polar surface area (TPSA) is 57.5 Å². The average molecular weight is 348 g/mol. The summed E-state index contributed by atoms with van der Waals surface area (Å²) >= 11 is 0. The monoisotopic (exact) mass is 348 g/mol. The number of benzene rings is 2. The third kappa shape index (κ3) is 4.73. The minimum absolute atomic E-state index is 0.0739. The normalized spacial score (nSPS) is 11.3. The largest absolute Gasteiger partial charge is 0.507 e. The number of aliphatic carboxylic acids is 1. The number of carboxylic acids is 1. The lowest BCUT2D eigenvalue weighted by Gasteiger charge is -2.06. The van der Waals surface area contributed by atoms with E-state index in [2.05, 4.69) is 0 Å². The highest BCUT2D eigenvalue weighted by Gasteiger charge is 2.11. The second-order valence-electron chi connectivity index (χ2n) is 5.44. The Balaban J connectivity index is 2.27. The summed E-state index contributed by atoms with van der Waals surface area (Å²) in [7, 11) is 0. The molecule has 0 unspecified atom stereocenters. The van der Waals surface area contributed by atoms with E-state index in [4.69, 9.17) is 5.11 Å². The zero-order valence-corrected chi connectivity index (χ0v) is 13.3. The molecule has 130 valence electrons. The van der Waals surface area contributed by atoms with E-state index in [1.807, 2.05) is 0 Å². The molecule has 0 spiro atoms. The number of hydrogen-bond donors (Lipinski definition) is 2. The van der Waals surface area contributed by atoms with Gasteiger partial charge in [0.15, 0.2) is 5.83 Å². The van der Waals surface area contributed by atoms with Crippen molar-refractivity contribution in [2.75, 3.05) is 0 Å². The van der Waals surface area contributed by atoms with Gasteiger partial charge in [-0.1, -0.05) is 36.4 Å². The lowest BCUT2D eigenvalue weighted by molar-refractivity contribution is -0.136. The van der Waals surface area contributed by atoms with Crippen LogP contribution in [-0.4, -0.2) is 16.2 Å². The van der Waals surface area contributed by atoms with Gasteiger partial charge in [-0.05, 0) is 35.8 Å². The maximum Gasteiger partial charge on any atom is 0.307 e. The van der Waals surface area contributed by atoms with E-state index in [0.717, 1.165) is 23.3 Å². The van der Waals surface area contributed by atoms with E-state index in [9.17, 15) is 23.1 Å². The maximum atomic E-state index is 13.2. The first kappa shape index (κ1) is 18.3. The molecule has 0 saturated heterocycles. The highest BCUT2D eigenvalue weighted by atomic mass is 19.3. The minimum atomic E-state index is -2.44. The highest BCUT2D eigenvalue weighted by molar-refractivity contribution is 5.82. The quantitative estimate of drug-likeness (QED) is 0.738. The number of phenolic OH excluding ortho intramolecular Hbond substituents is 1. The number of carboxylic acid groups (broad SMARTS) is 1. The summed E-state index contributed by atoms with van der Waals surface area (Å²) in [4.78, 5) is 10.7. The predicted molar refractivity (Wildman–Crippen MR) is 89.7 cm³/mol. The lowest BCUT2D eigenvalue weighted by Crippen LogP contribution is -1.99. The molecule has 0 aromatic heterocycles. The molecule has 25 heavy (non-hydrogen) atoms. The second kappa shape index (κ2) is 7.70. The third-order valence-corrected chi connectivity index (χ3v) is 3.59. The molecule has 0 fully saturated rings. The Bertz CT molecular complexity index is 849. The van der Waals surface area contributed by atoms with Crippen molar-refractivity contribution >= 4 is 23.4 Å². The number of carbonyl (C=O) groups is 1. The van der Waals surface area contributed by atoms with Gasteiger partial charge in [-0.25, -0.2) is 4.39 Å². The molecule has 0 amide bonds. The van der Waals surface area contributed by atoms with Gasteiger partial charge < -0.3 is 10.2 Å². The van der Waals surface area contributed by atoms with Crippen molar-refractivity contribution in [3.63, 3.8) is 0 Å².